The molecule has 41 heavy (non-hydrogen) atoms. The molecule has 7 rings (SSSR count). The fourth-order valence-electron chi connectivity index (χ4n) is 6.43. The van der Waals surface area contributed by atoms with Gasteiger partial charge in [0.1, 0.15) is 28.7 Å². The summed E-state index contributed by atoms with van der Waals surface area (Å²) in [5.41, 5.74) is 5.93. The highest BCUT2D eigenvalue weighted by atomic mass is 16.6. The van der Waals surface area contributed by atoms with E-state index in [-0.39, 0.29) is 12.1 Å². The highest BCUT2D eigenvalue weighted by Gasteiger charge is 2.35. The molecule has 0 radical (unpaired) electrons. The molecule has 1 saturated carbocycles. The van der Waals surface area contributed by atoms with Crippen molar-refractivity contribution in [3.8, 4) is 34.0 Å². The predicted molar refractivity (Wildman–Crippen MR) is 157 cm³/mol. The number of aromatic amines is 2. The summed E-state index contributed by atoms with van der Waals surface area (Å²) in [5.74, 6) is 4.26. The molecule has 2 N–H and O–H groups in total. The van der Waals surface area contributed by atoms with Gasteiger partial charge in [0.05, 0.1) is 29.8 Å². The van der Waals surface area contributed by atoms with Crippen molar-refractivity contribution >= 4 is 6.09 Å². The van der Waals surface area contributed by atoms with Crippen LogP contribution in [0.1, 0.15) is 94.0 Å². The van der Waals surface area contributed by atoms with Gasteiger partial charge in [-0.2, -0.15) is 0 Å². The minimum absolute atomic E-state index is 0.110. The van der Waals surface area contributed by atoms with Gasteiger partial charge in [0.25, 0.3) is 0 Å². The minimum Gasteiger partial charge on any atom is -0.457 e. The predicted octanol–water partition coefficient (Wildman–Crippen LogP) is 7.89. The van der Waals surface area contributed by atoms with Crippen molar-refractivity contribution in [3.05, 3.63) is 71.6 Å². The first kappa shape index (κ1) is 25.9. The van der Waals surface area contributed by atoms with Crippen molar-refractivity contribution in [1.82, 2.24) is 24.8 Å². The third-order valence-corrected chi connectivity index (χ3v) is 8.47. The Balaban J connectivity index is 1.10. The Labute approximate surface area is 240 Å². The summed E-state index contributed by atoms with van der Waals surface area (Å²) < 4.78 is 11.9. The average molecular weight is 552 g/mol. The summed E-state index contributed by atoms with van der Waals surface area (Å²) in [6, 6.07) is 12.6. The minimum atomic E-state index is -0.528. The van der Waals surface area contributed by atoms with Gasteiger partial charge < -0.3 is 19.4 Å². The number of ether oxygens (including phenoxy) is 2. The monoisotopic (exact) mass is 551 g/mol. The Morgan fingerprint density at radius 1 is 0.878 bits per heavy atom. The molecule has 2 aromatic heterocycles. The van der Waals surface area contributed by atoms with E-state index in [1.165, 1.54) is 25.7 Å². The van der Waals surface area contributed by atoms with E-state index in [0.29, 0.717) is 12.5 Å². The number of hydrogen-bond donors (Lipinski definition) is 2. The Hall–Kier alpha value is -4.07. The lowest BCUT2D eigenvalue weighted by atomic mass is 9.96. The lowest BCUT2D eigenvalue weighted by Crippen LogP contribution is -2.36. The maximum atomic E-state index is 12.8. The molecule has 0 unspecified atom stereocenters. The first-order valence-electron chi connectivity index (χ1n) is 14.8. The van der Waals surface area contributed by atoms with E-state index in [1.807, 2.05) is 39.2 Å². The number of nitrogens with zero attached hydrogens (tertiary/aromatic N) is 3. The lowest BCUT2D eigenvalue weighted by Gasteiger charge is -2.27. The summed E-state index contributed by atoms with van der Waals surface area (Å²) in [7, 11) is 0. The molecule has 4 heterocycles. The van der Waals surface area contributed by atoms with Crippen LogP contribution in [0.15, 0.2) is 48.8 Å². The van der Waals surface area contributed by atoms with Crippen LogP contribution in [-0.4, -0.2) is 43.1 Å². The maximum absolute atomic E-state index is 12.8. The van der Waals surface area contributed by atoms with Crippen LogP contribution in [0.25, 0.3) is 22.5 Å². The summed E-state index contributed by atoms with van der Waals surface area (Å²) in [6.07, 6.45) is 11.2. The largest absolute Gasteiger partial charge is 0.457 e. The van der Waals surface area contributed by atoms with Gasteiger partial charge in [-0.3, -0.25) is 4.90 Å². The van der Waals surface area contributed by atoms with Crippen molar-refractivity contribution in [1.29, 1.82) is 0 Å². The normalized spacial score (nSPS) is 18.7. The molecule has 1 amide bonds. The van der Waals surface area contributed by atoms with Crippen molar-refractivity contribution in [2.75, 3.05) is 6.54 Å². The molecule has 8 heteroatoms. The molecular weight excluding hydrogens is 514 g/mol. The quantitative estimate of drug-likeness (QED) is 0.237. The molecule has 2 aromatic carbocycles. The highest BCUT2D eigenvalue weighted by Crippen LogP contribution is 2.41. The van der Waals surface area contributed by atoms with Crippen molar-refractivity contribution in [2.24, 2.45) is 0 Å². The summed E-state index contributed by atoms with van der Waals surface area (Å²) >= 11 is 0. The van der Waals surface area contributed by atoms with Gasteiger partial charge in [-0.05, 0) is 94.0 Å². The highest BCUT2D eigenvalue weighted by molar-refractivity contribution is 5.70. The molecule has 1 atom stereocenters. The number of H-pyrrole nitrogens is 2. The van der Waals surface area contributed by atoms with Gasteiger partial charge in [-0.15, -0.1) is 0 Å². The van der Waals surface area contributed by atoms with Gasteiger partial charge in [-0.25, -0.2) is 14.8 Å². The van der Waals surface area contributed by atoms with Crippen LogP contribution < -0.4 is 4.74 Å². The molecule has 0 bridgehead atoms. The van der Waals surface area contributed by atoms with Crippen molar-refractivity contribution in [3.63, 3.8) is 0 Å². The van der Waals surface area contributed by atoms with Gasteiger partial charge in [-0.1, -0.05) is 12.8 Å². The smallest absolute Gasteiger partial charge is 0.410 e. The Morgan fingerprint density at radius 3 is 2.12 bits per heavy atom. The number of rotatable bonds is 4. The molecule has 8 nitrogen and oxygen atoms in total. The molecule has 1 saturated heterocycles. The number of likely N-dealkylation sites (tertiary alicyclic amines) is 1. The number of fused-ring (bicyclic) bond motifs is 2. The number of nitrogens with one attached hydrogen (secondary N) is 2. The van der Waals surface area contributed by atoms with Crippen LogP contribution in [0.4, 0.5) is 4.79 Å². The maximum Gasteiger partial charge on any atom is 0.410 e. The van der Waals surface area contributed by atoms with E-state index in [0.717, 1.165) is 76.1 Å². The van der Waals surface area contributed by atoms with E-state index in [1.54, 1.807) is 4.90 Å². The Kier molecular flexibility index (Phi) is 6.36. The van der Waals surface area contributed by atoms with E-state index >= 15 is 0 Å². The fourth-order valence-corrected chi connectivity index (χ4v) is 6.43. The van der Waals surface area contributed by atoms with Crippen molar-refractivity contribution in [2.45, 2.75) is 83.3 Å². The third-order valence-electron chi connectivity index (χ3n) is 8.47. The molecule has 4 aromatic rings. The van der Waals surface area contributed by atoms with Crippen LogP contribution in [0.2, 0.25) is 0 Å². The molecule has 212 valence electrons. The van der Waals surface area contributed by atoms with E-state index in [2.05, 4.69) is 45.3 Å². The van der Waals surface area contributed by atoms with Crippen LogP contribution in [0.3, 0.4) is 0 Å². The SMILES string of the molecule is CC(C)(C)OC(=O)N1CCC[C@H]1c1ncc(-c2ccc3c(c2)Cc2cc(-c4cnc(C5CCCC5)[nH]4)ccc2O3)[nH]1. The summed E-state index contributed by atoms with van der Waals surface area (Å²) in [5, 5.41) is 0. The van der Waals surface area contributed by atoms with Gasteiger partial charge in [0.15, 0.2) is 0 Å². The standard InChI is InChI=1S/C33H37N5O3/c1-33(2,3)41-32(39)38-14-6-9-27(38)31-35-19-26(37-31)22-11-13-29-24(16-22)17-23-15-21(10-12-28(23)40-29)25-18-34-30(36-25)20-7-4-5-8-20/h10-13,15-16,18-20,27H,4-9,14,17H2,1-3H3,(H,34,36)(H,35,37)/t27-/m0/s1. The molecule has 2 fully saturated rings. The zero-order valence-electron chi connectivity index (χ0n) is 24.0. The third kappa shape index (κ3) is 5.11. The Bertz CT molecular complexity index is 1590. The Morgan fingerprint density at radius 2 is 1.49 bits per heavy atom. The lowest BCUT2D eigenvalue weighted by molar-refractivity contribution is 0.0218. The first-order chi connectivity index (χ1) is 19.8. The second-order valence-corrected chi connectivity index (χ2v) is 12.6. The number of imidazole rings is 2. The van der Waals surface area contributed by atoms with Crippen LogP contribution in [0.5, 0.6) is 11.5 Å². The van der Waals surface area contributed by atoms with E-state index in [9.17, 15) is 4.79 Å². The number of hydrogen-bond acceptors (Lipinski definition) is 5. The number of aromatic nitrogens is 4. The second kappa shape index (κ2) is 10.1. The van der Waals surface area contributed by atoms with Gasteiger partial charge in [0.2, 0.25) is 0 Å². The van der Waals surface area contributed by atoms with Crippen LogP contribution in [-0.2, 0) is 11.2 Å². The average Bonchev–Trinajstić information content (AvgIpc) is 3.76. The molecule has 2 aliphatic heterocycles. The second-order valence-electron chi connectivity index (χ2n) is 12.6. The summed E-state index contributed by atoms with van der Waals surface area (Å²) in [4.78, 5) is 31.0. The number of carbonyl (C=O) groups excluding carboxylic acids is 1. The van der Waals surface area contributed by atoms with E-state index < -0.39 is 5.60 Å². The van der Waals surface area contributed by atoms with Crippen LogP contribution >= 0.6 is 0 Å². The number of carbonyl (C=O) groups is 1. The number of benzene rings is 2. The molecular formula is C33H37N5O3. The molecule has 3 aliphatic rings. The van der Waals surface area contributed by atoms with Gasteiger partial charge in [0, 0.05) is 30.0 Å². The molecule has 0 spiro atoms. The van der Waals surface area contributed by atoms with Gasteiger partial charge >= 0.3 is 6.09 Å². The first-order valence-corrected chi connectivity index (χ1v) is 14.8. The van der Waals surface area contributed by atoms with Crippen molar-refractivity contribution < 1.29 is 14.3 Å². The topological polar surface area (TPSA) is 96.1 Å². The van der Waals surface area contributed by atoms with E-state index in [4.69, 9.17) is 14.5 Å². The number of amides is 1. The zero-order valence-corrected chi connectivity index (χ0v) is 24.0. The zero-order chi connectivity index (χ0) is 28.1. The molecule has 1 aliphatic carbocycles. The fraction of sp³-hybridized carbons (Fsp3) is 0.424. The summed E-state index contributed by atoms with van der Waals surface area (Å²) in [6.45, 7) is 6.35. The van der Waals surface area contributed by atoms with Crippen LogP contribution in [0, 0.1) is 0 Å².